The molecule has 0 spiro atoms. The van der Waals surface area contributed by atoms with E-state index in [4.69, 9.17) is 5.73 Å². The Bertz CT molecular complexity index is 767. The molecule has 0 bridgehead atoms. The minimum Gasteiger partial charge on any atom is -0.398 e. The van der Waals surface area contributed by atoms with Crippen molar-refractivity contribution in [2.45, 2.75) is 24.7 Å². The van der Waals surface area contributed by atoms with E-state index in [0.29, 0.717) is 35.0 Å². The molecule has 3 rings (SSSR count). The van der Waals surface area contributed by atoms with Gasteiger partial charge in [-0.05, 0) is 30.9 Å². The molecule has 0 atom stereocenters. The fourth-order valence-corrected chi connectivity index (χ4v) is 4.37. The van der Waals surface area contributed by atoms with E-state index in [2.05, 4.69) is 0 Å². The molecular weight excluding hydrogens is 284 g/mol. The number of benzene rings is 2. The summed E-state index contributed by atoms with van der Waals surface area (Å²) in [5.74, 6) is 0.528. The molecular formula is C16H20N2O2S. The summed E-state index contributed by atoms with van der Waals surface area (Å²) in [6.07, 6.45) is 2.27. The maximum absolute atomic E-state index is 12.9. The first-order valence-corrected chi connectivity index (χ1v) is 8.75. The maximum atomic E-state index is 12.9. The predicted octanol–water partition coefficient (Wildman–Crippen LogP) is 2.84. The Morgan fingerprint density at radius 2 is 1.81 bits per heavy atom. The lowest BCUT2D eigenvalue weighted by atomic mass is 10.1. The van der Waals surface area contributed by atoms with Gasteiger partial charge < -0.3 is 5.73 Å². The fraction of sp³-hybridized carbons (Fsp3) is 0.375. The third kappa shape index (κ3) is 2.63. The van der Waals surface area contributed by atoms with Gasteiger partial charge in [0.2, 0.25) is 10.0 Å². The first-order valence-electron chi connectivity index (χ1n) is 7.31. The monoisotopic (exact) mass is 304 g/mol. The highest BCUT2D eigenvalue weighted by atomic mass is 32.2. The van der Waals surface area contributed by atoms with Gasteiger partial charge in [-0.25, -0.2) is 8.42 Å². The second-order valence-electron chi connectivity index (χ2n) is 5.60. The highest BCUT2D eigenvalue weighted by molar-refractivity contribution is 7.89. The van der Waals surface area contributed by atoms with Crippen molar-refractivity contribution >= 4 is 26.5 Å². The molecule has 1 saturated carbocycles. The number of hydrogen-bond donors (Lipinski definition) is 1. The summed E-state index contributed by atoms with van der Waals surface area (Å²) in [6.45, 7) is 3.01. The van der Waals surface area contributed by atoms with Gasteiger partial charge in [0.15, 0.2) is 0 Å². The van der Waals surface area contributed by atoms with Crippen molar-refractivity contribution < 1.29 is 8.42 Å². The summed E-state index contributed by atoms with van der Waals surface area (Å²) in [6, 6.07) is 10.7. The number of hydrogen-bond acceptors (Lipinski definition) is 3. The number of nitrogens with zero attached hydrogens (tertiary/aromatic N) is 1. The van der Waals surface area contributed by atoms with Gasteiger partial charge in [0.25, 0.3) is 0 Å². The fourth-order valence-electron chi connectivity index (χ4n) is 2.64. The van der Waals surface area contributed by atoms with E-state index in [1.165, 1.54) is 0 Å². The smallest absolute Gasteiger partial charge is 0.243 e. The molecule has 0 aromatic heterocycles. The molecule has 5 heteroatoms. The number of rotatable bonds is 5. The van der Waals surface area contributed by atoms with E-state index >= 15 is 0 Å². The molecule has 2 aromatic carbocycles. The van der Waals surface area contributed by atoms with E-state index < -0.39 is 10.0 Å². The molecule has 1 aliphatic rings. The Balaban J connectivity index is 2.11. The molecule has 0 aliphatic heterocycles. The minimum absolute atomic E-state index is 0.356. The van der Waals surface area contributed by atoms with Crippen molar-refractivity contribution in [3.05, 3.63) is 36.4 Å². The highest BCUT2D eigenvalue weighted by Crippen LogP contribution is 2.34. The average molecular weight is 304 g/mol. The van der Waals surface area contributed by atoms with E-state index in [1.54, 1.807) is 16.4 Å². The van der Waals surface area contributed by atoms with Gasteiger partial charge in [-0.3, -0.25) is 0 Å². The van der Waals surface area contributed by atoms with Crippen LogP contribution in [0.15, 0.2) is 41.3 Å². The molecule has 2 aromatic rings. The van der Waals surface area contributed by atoms with Gasteiger partial charge in [-0.1, -0.05) is 31.2 Å². The lowest BCUT2D eigenvalue weighted by Gasteiger charge is -2.21. The Morgan fingerprint density at radius 1 is 1.14 bits per heavy atom. The lowest BCUT2D eigenvalue weighted by Crippen LogP contribution is -2.32. The largest absolute Gasteiger partial charge is 0.398 e. The Morgan fingerprint density at radius 3 is 2.43 bits per heavy atom. The van der Waals surface area contributed by atoms with Crippen LogP contribution in [0, 0.1) is 5.92 Å². The molecule has 0 amide bonds. The number of nitrogen functional groups attached to an aromatic ring is 1. The van der Waals surface area contributed by atoms with Crippen LogP contribution < -0.4 is 5.73 Å². The van der Waals surface area contributed by atoms with Crippen molar-refractivity contribution in [1.29, 1.82) is 0 Å². The van der Waals surface area contributed by atoms with Gasteiger partial charge in [0.05, 0.1) is 4.90 Å². The zero-order valence-corrected chi connectivity index (χ0v) is 12.9. The number of fused-ring (bicyclic) bond motifs is 1. The Labute approximate surface area is 125 Å². The van der Waals surface area contributed by atoms with Crippen LogP contribution in [0.2, 0.25) is 0 Å². The van der Waals surface area contributed by atoms with Crippen LogP contribution in [0.4, 0.5) is 5.69 Å². The van der Waals surface area contributed by atoms with Crippen molar-refractivity contribution in [2.75, 3.05) is 18.8 Å². The SMILES string of the molecule is CCN(CC1CC1)S(=O)(=O)c1ccc(N)c2ccccc12. The van der Waals surface area contributed by atoms with Crippen LogP contribution in [-0.2, 0) is 10.0 Å². The Kier molecular flexibility index (Phi) is 3.63. The molecule has 0 saturated heterocycles. The van der Waals surface area contributed by atoms with Crippen molar-refractivity contribution in [3.63, 3.8) is 0 Å². The summed E-state index contributed by atoms with van der Waals surface area (Å²) < 4.78 is 27.5. The van der Waals surface area contributed by atoms with Crippen LogP contribution in [0.25, 0.3) is 10.8 Å². The number of anilines is 1. The average Bonchev–Trinajstić information content (AvgIpc) is 3.29. The molecule has 1 fully saturated rings. The molecule has 2 N–H and O–H groups in total. The van der Waals surface area contributed by atoms with Gasteiger partial charge in [0.1, 0.15) is 0 Å². The molecule has 1 aliphatic carbocycles. The van der Waals surface area contributed by atoms with Crippen LogP contribution >= 0.6 is 0 Å². The summed E-state index contributed by atoms with van der Waals surface area (Å²) >= 11 is 0. The maximum Gasteiger partial charge on any atom is 0.243 e. The summed E-state index contributed by atoms with van der Waals surface area (Å²) in [5, 5.41) is 1.49. The van der Waals surface area contributed by atoms with Gasteiger partial charge >= 0.3 is 0 Å². The zero-order valence-electron chi connectivity index (χ0n) is 12.1. The third-order valence-corrected chi connectivity index (χ3v) is 6.05. The standard InChI is InChI=1S/C16H20N2O2S/c1-2-18(11-12-7-8-12)21(19,20)16-10-9-15(17)13-5-3-4-6-14(13)16/h3-6,9-10,12H,2,7-8,11,17H2,1H3. The van der Waals surface area contributed by atoms with E-state index in [9.17, 15) is 8.42 Å². The number of sulfonamides is 1. The molecule has 4 nitrogen and oxygen atoms in total. The summed E-state index contributed by atoms with van der Waals surface area (Å²) in [5.41, 5.74) is 6.57. The molecule has 112 valence electrons. The molecule has 21 heavy (non-hydrogen) atoms. The lowest BCUT2D eigenvalue weighted by molar-refractivity contribution is 0.412. The second kappa shape index (κ2) is 5.31. The van der Waals surface area contributed by atoms with E-state index in [-0.39, 0.29) is 0 Å². The van der Waals surface area contributed by atoms with Gasteiger partial charge in [0, 0.05) is 29.5 Å². The minimum atomic E-state index is -3.47. The topological polar surface area (TPSA) is 63.4 Å². The van der Waals surface area contributed by atoms with E-state index in [0.717, 1.165) is 18.2 Å². The normalized spacial score (nSPS) is 15.7. The first-order chi connectivity index (χ1) is 10.0. The van der Waals surface area contributed by atoms with Crippen LogP contribution in [0.3, 0.4) is 0 Å². The molecule has 0 heterocycles. The van der Waals surface area contributed by atoms with Crippen molar-refractivity contribution in [1.82, 2.24) is 4.31 Å². The van der Waals surface area contributed by atoms with Crippen LogP contribution in [0.5, 0.6) is 0 Å². The van der Waals surface area contributed by atoms with Gasteiger partial charge in [-0.15, -0.1) is 0 Å². The van der Waals surface area contributed by atoms with E-state index in [1.807, 2.05) is 31.2 Å². The third-order valence-electron chi connectivity index (χ3n) is 4.05. The van der Waals surface area contributed by atoms with Crippen molar-refractivity contribution in [2.24, 2.45) is 5.92 Å². The quantitative estimate of drug-likeness (QED) is 0.864. The highest BCUT2D eigenvalue weighted by Gasteiger charge is 2.31. The first kappa shape index (κ1) is 14.4. The predicted molar refractivity (Wildman–Crippen MR) is 85.5 cm³/mol. The zero-order chi connectivity index (χ0) is 15.0. The summed E-state index contributed by atoms with van der Waals surface area (Å²) in [7, 11) is -3.47. The summed E-state index contributed by atoms with van der Waals surface area (Å²) in [4.78, 5) is 0.356. The van der Waals surface area contributed by atoms with Crippen molar-refractivity contribution in [3.8, 4) is 0 Å². The molecule has 0 unspecified atom stereocenters. The van der Waals surface area contributed by atoms with Gasteiger partial charge in [-0.2, -0.15) is 4.31 Å². The Hall–Kier alpha value is -1.59. The van der Waals surface area contributed by atoms with Crippen LogP contribution in [-0.4, -0.2) is 25.8 Å². The van der Waals surface area contributed by atoms with Crippen LogP contribution in [0.1, 0.15) is 19.8 Å². The second-order valence-corrected chi connectivity index (χ2v) is 7.50. The molecule has 0 radical (unpaired) electrons. The number of nitrogens with two attached hydrogens (primary N) is 1.